The Balaban J connectivity index is 2.80. The summed E-state index contributed by atoms with van der Waals surface area (Å²) in [5.74, 6) is 0. The first-order valence-corrected chi connectivity index (χ1v) is 5.63. The highest BCUT2D eigenvalue weighted by atomic mass is 79.9. The van der Waals surface area contributed by atoms with Gasteiger partial charge in [0.25, 0.3) is 0 Å². The standard InChI is InChI=1S/C13H15Br/c1-3-5-6-13(14)12-9-7-11(4-2)8-10-12/h3,6-10H,1,4-5H2,2H3/b13-6-. The molecule has 0 saturated carbocycles. The SMILES string of the molecule is C=CC/C=C(\Br)c1ccc(CC)cc1. The Morgan fingerprint density at radius 1 is 1.36 bits per heavy atom. The maximum atomic E-state index is 3.69. The molecule has 74 valence electrons. The number of aryl methyl sites for hydroxylation is 1. The van der Waals surface area contributed by atoms with E-state index in [2.05, 4.69) is 59.8 Å². The Morgan fingerprint density at radius 2 is 2.00 bits per heavy atom. The Hall–Kier alpha value is -0.820. The number of allylic oxidation sites excluding steroid dienone is 2. The maximum absolute atomic E-state index is 3.69. The fourth-order valence-corrected chi connectivity index (χ4v) is 1.66. The summed E-state index contributed by atoms with van der Waals surface area (Å²) in [6, 6.07) is 8.61. The van der Waals surface area contributed by atoms with Crippen LogP contribution in [0.15, 0.2) is 43.0 Å². The van der Waals surface area contributed by atoms with E-state index in [0.717, 1.165) is 17.3 Å². The van der Waals surface area contributed by atoms with Crippen LogP contribution in [0.2, 0.25) is 0 Å². The van der Waals surface area contributed by atoms with Gasteiger partial charge in [-0.25, -0.2) is 0 Å². The lowest BCUT2D eigenvalue weighted by atomic mass is 10.1. The topological polar surface area (TPSA) is 0 Å². The van der Waals surface area contributed by atoms with Gasteiger partial charge >= 0.3 is 0 Å². The van der Waals surface area contributed by atoms with Gasteiger partial charge in [-0.05, 0) is 24.0 Å². The summed E-state index contributed by atoms with van der Waals surface area (Å²) in [6.45, 7) is 5.85. The van der Waals surface area contributed by atoms with E-state index in [4.69, 9.17) is 0 Å². The van der Waals surface area contributed by atoms with Crippen LogP contribution < -0.4 is 0 Å². The van der Waals surface area contributed by atoms with Crippen LogP contribution in [0.1, 0.15) is 24.5 Å². The van der Waals surface area contributed by atoms with Gasteiger partial charge in [-0.1, -0.05) is 59.3 Å². The van der Waals surface area contributed by atoms with E-state index in [1.165, 1.54) is 11.1 Å². The van der Waals surface area contributed by atoms with Crippen molar-refractivity contribution in [2.24, 2.45) is 0 Å². The fraction of sp³-hybridized carbons (Fsp3) is 0.231. The molecule has 0 N–H and O–H groups in total. The van der Waals surface area contributed by atoms with Crippen molar-refractivity contribution in [3.8, 4) is 0 Å². The smallest absolute Gasteiger partial charge is 0.0210 e. The van der Waals surface area contributed by atoms with Gasteiger partial charge in [0, 0.05) is 4.48 Å². The summed E-state index contributed by atoms with van der Waals surface area (Å²) in [5.41, 5.74) is 2.60. The van der Waals surface area contributed by atoms with E-state index >= 15 is 0 Å². The van der Waals surface area contributed by atoms with Gasteiger partial charge in [0.05, 0.1) is 0 Å². The predicted octanol–water partition coefficient (Wildman–Crippen LogP) is 4.56. The van der Waals surface area contributed by atoms with Crippen molar-refractivity contribution in [2.45, 2.75) is 19.8 Å². The van der Waals surface area contributed by atoms with Gasteiger partial charge in [0.2, 0.25) is 0 Å². The van der Waals surface area contributed by atoms with Crippen molar-refractivity contribution < 1.29 is 0 Å². The highest BCUT2D eigenvalue weighted by Crippen LogP contribution is 2.22. The lowest BCUT2D eigenvalue weighted by Gasteiger charge is -2.01. The van der Waals surface area contributed by atoms with E-state index in [1.54, 1.807) is 0 Å². The Kier molecular flexibility index (Phi) is 4.68. The van der Waals surface area contributed by atoms with Crippen molar-refractivity contribution in [2.75, 3.05) is 0 Å². The van der Waals surface area contributed by atoms with Crippen LogP contribution in [-0.2, 0) is 6.42 Å². The minimum Gasteiger partial charge on any atom is -0.103 e. The van der Waals surface area contributed by atoms with E-state index in [0.29, 0.717) is 0 Å². The minimum absolute atomic E-state index is 0.899. The van der Waals surface area contributed by atoms with E-state index in [-0.39, 0.29) is 0 Å². The fourth-order valence-electron chi connectivity index (χ4n) is 1.20. The number of benzene rings is 1. The molecule has 0 saturated heterocycles. The Bertz CT molecular complexity index is 320. The second kappa shape index (κ2) is 5.82. The van der Waals surface area contributed by atoms with E-state index in [9.17, 15) is 0 Å². The highest BCUT2D eigenvalue weighted by Gasteiger charge is 1.96. The zero-order valence-corrected chi connectivity index (χ0v) is 10.0. The third kappa shape index (κ3) is 3.15. The van der Waals surface area contributed by atoms with Gasteiger partial charge in [-0.15, -0.1) is 6.58 Å². The molecule has 0 spiro atoms. The average molecular weight is 251 g/mol. The number of rotatable bonds is 4. The summed E-state index contributed by atoms with van der Waals surface area (Å²) < 4.78 is 1.14. The van der Waals surface area contributed by atoms with Crippen LogP contribution in [0.25, 0.3) is 4.48 Å². The van der Waals surface area contributed by atoms with Crippen LogP contribution in [-0.4, -0.2) is 0 Å². The predicted molar refractivity (Wildman–Crippen MR) is 67.5 cm³/mol. The van der Waals surface area contributed by atoms with E-state index < -0.39 is 0 Å². The zero-order chi connectivity index (χ0) is 10.4. The summed E-state index contributed by atoms with van der Waals surface area (Å²) in [6.07, 6.45) is 6.00. The zero-order valence-electron chi connectivity index (χ0n) is 8.46. The van der Waals surface area contributed by atoms with Crippen LogP contribution in [0.4, 0.5) is 0 Å². The molecule has 0 aromatic heterocycles. The van der Waals surface area contributed by atoms with Crippen molar-refractivity contribution in [3.05, 3.63) is 54.1 Å². The van der Waals surface area contributed by atoms with Crippen LogP contribution in [0.3, 0.4) is 0 Å². The van der Waals surface area contributed by atoms with Gasteiger partial charge < -0.3 is 0 Å². The molecule has 0 atom stereocenters. The van der Waals surface area contributed by atoms with Gasteiger partial charge in [-0.3, -0.25) is 0 Å². The molecule has 0 fully saturated rings. The molecule has 0 nitrogen and oxygen atoms in total. The van der Waals surface area contributed by atoms with Crippen LogP contribution in [0.5, 0.6) is 0 Å². The summed E-state index contributed by atoms with van der Waals surface area (Å²) in [4.78, 5) is 0. The minimum atomic E-state index is 0.899. The summed E-state index contributed by atoms with van der Waals surface area (Å²) in [7, 11) is 0. The first-order valence-electron chi connectivity index (χ1n) is 4.83. The second-order valence-electron chi connectivity index (χ2n) is 3.13. The molecule has 1 aromatic rings. The quantitative estimate of drug-likeness (QED) is 0.688. The van der Waals surface area contributed by atoms with Crippen molar-refractivity contribution >= 4 is 20.4 Å². The molecule has 0 bridgehead atoms. The highest BCUT2D eigenvalue weighted by molar-refractivity contribution is 9.15. The molecule has 1 rings (SSSR count). The monoisotopic (exact) mass is 250 g/mol. The molecule has 0 unspecified atom stereocenters. The molecule has 1 heteroatoms. The third-order valence-corrected chi connectivity index (χ3v) is 2.88. The Morgan fingerprint density at radius 3 is 2.50 bits per heavy atom. The van der Waals surface area contributed by atoms with E-state index in [1.807, 2.05) is 6.08 Å². The summed E-state index contributed by atoms with van der Waals surface area (Å²) >= 11 is 3.55. The lowest BCUT2D eigenvalue weighted by Crippen LogP contribution is -1.81. The largest absolute Gasteiger partial charge is 0.103 e. The van der Waals surface area contributed by atoms with Crippen molar-refractivity contribution in [1.82, 2.24) is 0 Å². The van der Waals surface area contributed by atoms with Gasteiger partial charge in [-0.2, -0.15) is 0 Å². The van der Waals surface area contributed by atoms with Crippen LogP contribution >= 0.6 is 15.9 Å². The molecule has 0 heterocycles. The molecule has 0 aliphatic rings. The van der Waals surface area contributed by atoms with Crippen molar-refractivity contribution in [1.29, 1.82) is 0 Å². The molecule has 0 aliphatic heterocycles. The molecule has 1 aromatic carbocycles. The molecular formula is C13H15Br. The molecule has 0 amide bonds. The first-order chi connectivity index (χ1) is 6.77. The molecule has 0 radical (unpaired) electrons. The lowest BCUT2D eigenvalue weighted by molar-refractivity contribution is 1.14. The Labute approximate surface area is 94.5 Å². The number of hydrogen-bond acceptors (Lipinski definition) is 0. The second-order valence-corrected chi connectivity index (χ2v) is 3.98. The molecular weight excluding hydrogens is 236 g/mol. The molecule has 14 heavy (non-hydrogen) atoms. The summed E-state index contributed by atoms with van der Waals surface area (Å²) in [5, 5.41) is 0. The van der Waals surface area contributed by atoms with Crippen molar-refractivity contribution in [3.63, 3.8) is 0 Å². The number of halogens is 1. The average Bonchev–Trinajstić information content (AvgIpc) is 2.26. The number of hydrogen-bond donors (Lipinski definition) is 0. The van der Waals surface area contributed by atoms with Gasteiger partial charge in [0.1, 0.15) is 0 Å². The third-order valence-electron chi connectivity index (χ3n) is 2.10. The van der Waals surface area contributed by atoms with Crippen LogP contribution in [0, 0.1) is 0 Å². The van der Waals surface area contributed by atoms with Gasteiger partial charge in [0.15, 0.2) is 0 Å². The normalized spacial score (nSPS) is 11.4. The molecule has 0 aliphatic carbocycles. The first kappa shape index (κ1) is 11.3. The maximum Gasteiger partial charge on any atom is 0.0210 e.